The monoisotopic (exact) mass is 223 g/mol. The Morgan fingerprint density at radius 1 is 1.38 bits per heavy atom. The second-order valence-electron chi connectivity index (χ2n) is 4.26. The molecule has 16 heavy (non-hydrogen) atoms. The lowest BCUT2D eigenvalue weighted by Gasteiger charge is -2.04. The molecule has 0 saturated carbocycles. The SMILES string of the molecule is CC(C)CNCC/C=C/Cc1nnn(C)n1. The summed E-state index contributed by atoms with van der Waals surface area (Å²) < 4.78 is 0. The van der Waals surface area contributed by atoms with Gasteiger partial charge in [-0.15, -0.1) is 10.2 Å². The number of hydrogen-bond acceptors (Lipinski definition) is 4. The van der Waals surface area contributed by atoms with Gasteiger partial charge in [0.2, 0.25) is 0 Å². The van der Waals surface area contributed by atoms with Gasteiger partial charge in [0.15, 0.2) is 5.82 Å². The molecule has 90 valence electrons. The maximum absolute atomic E-state index is 4.10. The van der Waals surface area contributed by atoms with Crippen molar-refractivity contribution in [2.24, 2.45) is 13.0 Å². The Morgan fingerprint density at radius 3 is 2.81 bits per heavy atom. The van der Waals surface area contributed by atoms with Gasteiger partial charge in [0.25, 0.3) is 0 Å². The number of hydrogen-bond donors (Lipinski definition) is 1. The van der Waals surface area contributed by atoms with E-state index in [1.807, 2.05) is 0 Å². The van der Waals surface area contributed by atoms with Gasteiger partial charge in [0.1, 0.15) is 0 Å². The summed E-state index contributed by atoms with van der Waals surface area (Å²) in [5.41, 5.74) is 0. The van der Waals surface area contributed by atoms with Gasteiger partial charge in [0, 0.05) is 6.42 Å². The zero-order valence-corrected chi connectivity index (χ0v) is 10.3. The van der Waals surface area contributed by atoms with Crippen LogP contribution in [-0.4, -0.2) is 33.3 Å². The van der Waals surface area contributed by atoms with Crippen LogP contribution in [0.2, 0.25) is 0 Å². The number of nitrogens with zero attached hydrogens (tertiary/aromatic N) is 4. The van der Waals surface area contributed by atoms with E-state index in [1.54, 1.807) is 7.05 Å². The number of allylic oxidation sites excluding steroid dienone is 1. The molecule has 0 aliphatic rings. The molecule has 5 nitrogen and oxygen atoms in total. The molecule has 0 amide bonds. The molecule has 0 spiro atoms. The molecule has 1 heterocycles. The third-order valence-electron chi connectivity index (χ3n) is 2.06. The second kappa shape index (κ2) is 7.11. The maximum atomic E-state index is 4.10. The van der Waals surface area contributed by atoms with Gasteiger partial charge in [-0.05, 0) is 30.6 Å². The zero-order valence-electron chi connectivity index (χ0n) is 10.3. The van der Waals surface area contributed by atoms with Gasteiger partial charge in [0.05, 0.1) is 7.05 Å². The molecule has 0 atom stereocenters. The Balaban J connectivity index is 2.05. The molecule has 0 radical (unpaired) electrons. The van der Waals surface area contributed by atoms with E-state index in [9.17, 15) is 0 Å². The highest BCUT2D eigenvalue weighted by Gasteiger charge is 1.95. The van der Waals surface area contributed by atoms with Gasteiger partial charge < -0.3 is 5.32 Å². The van der Waals surface area contributed by atoms with Crippen molar-refractivity contribution in [1.82, 2.24) is 25.5 Å². The van der Waals surface area contributed by atoms with Crippen LogP contribution in [0.1, 0.15) is 26.1 Å². The molecular formula is C11H21N5. The van der Waals surface area contributed by atoms with Crippen LogP contribution in [0.15, 0.2) is 12.2 Å². The zero-order chi connectivity index (χ0) is 11.8. The molecule has 0 aliphatic heterocycles. The summed E-state index contributed by atoms with van der Waals surface area (Å²) >= 11 is 0. The Kier molecular flexibility index (Phi) is 5.71. The highest BCUT2D eigenvalue weighted by atomic mass is 15.6. The minimum atomic E-state index is 0.716. The van der Waals surface area contributed by atoms with E-state index >= 15 is 0 Å². The van der Waals surface area contributed by atoms with Gasteiger partial charge in [-0.2, -0.15) is 4.80 Å². The fraction of sp³-hybridized carbons (Fsp3) is 0.727. The van der Waals surface area contributed by atoms with Crippen molar-refractivity contribution in [2.45, 2.75) is 26.7 Å². The van der Waals surface area contributed by atoms with Crippen molar-refractivity contribution in [3.05, 3.63) is 18.0 Å². The first-order valence-electron chi connectivity index (χ1n) is 5.77. The van der Waals surface area contributed by atoms with Crippen molar-refractivity contribution in [1.29, 1.82) is 0 Å². The first kappa shape index (κ1) is 12.8. The molecule has 0 aliphatic carbocycles. The summed E-state index contributed by atoms with van der Waals surface area (Å²) in [6.45, 7) is 6.54. The van der Waals surface area contributed by atoms with Crippen molar-refractivity contribution in [3.63, 3.8) is 0 Å². The predicted octanol–water partition coefficient (Wildman–Crippen LogP) is 0.944. The third kappa shape index (κ3) is 5.60. The van der Waals surface area contributed by atoms with Crippen molar-refractivity contribution >= 4 is 0 Å². The third-order valence-corrected chi connectivity index (χ3v) is 2.06. The smallest absolute Gasteiger partial charge is 0.178 e. The molecular weight excluding hydrogens is 202 g/mol. The first-order valence-corrected chi connectivity index (χ1v) is 5.77. The van der Waals surface area contributed by atoms with Crippen molar-refractivity contribution in [3.8, 4) is 0 Å². The van der Waals surface area contributed by atoms with Gasteiger partial charge >= 0.3 is 0 Å². The molecule has 1 aromatic heterocycles. The summed E-state index contributed by atoms with van der Waals surface area (Å²) in [5.74, 6) is 1.49. The summed E-state index contributed by atoms with van der Waals surface area (Å²) in [4.78, 5) is 1.48. The molecule has 0 saturated heterocycles. The quantitative estimate of drug-likeness (QED) is 0.552. The number of aromatic nitrogens is 4. The molecule has 1 rings (SSSR count). The van der Waals surface area contributed by atoms with Crippen LogP contribution in [0.5, 0.6) is 0 Å². The van der Waals surface area contributed by atoms with Crippen molar-refractivity contribution in [2.75, 3.05) is 13.1 Å². The molecule has 1 N–H and O–H groups in total. The van der Waals surface area contributed by atoms with Crippen LogP contribution in [0.3, 0.4) is 0 Å². The van der Waals surface area contributed by atoms with E-state index in [2.05, 4.69) is 46.7 Å². The average Bonchev–Trinajstić information content (AvgIpc) is 2.62. The van der Waals surface area contributed by atoms with Crippen LogP contribution in [0.25, 0.3) is 0 Å². The fourth-order valence-electron chi connectivity index (χ4n) is 1.29. The van der Waals surface area contributed by atoms with Crippen LogP contribution >= 0.6 is 0 Å². The van der Waals surface area contributed by atoms with Crippen LogP contribution in [-0.2, 0) is 13.5 Å². The minimum Gasteiger partial charge on any atom is -0.316 e. The molecule has 0 bridgehead atoms. The first-order chi connectivity index (χ1) is 7.68. The van der Waals surface area contributed by atoms with Gasteiger partial charge in [-0.1, -0.05) is 26.0 Å². The van der Waals surface area contributed by atoms with Crippen LogP contribution in [0.4, 0.5) is 0 Å². The van der Waals surface area contributed by atoms with Crippen molar-refractivity contribution < 1.29 is 0 Å². The molecule has 0 unspecified atom stereocenters. The maximum Gasteiger partial charge on any atom is 0.178 e. The van der Waals surface area contributed by atoms with E-state index in [-0.39, 0.29) is 0 Å². The Labute approximate surface area is 96.9 Å². The summed E-state index contributed by atoms with van der Waals surface area (Å²) in [5, 5.41) is 15.2. The largest absolute Gasteiger partial charge is 0.316 e. The Hall–Kier alpha value is -1.23. The number of aryl methyl sites for hydroxylation is 1. The fourth-order valence-corrected chi connectivity index (χ4v) is 1.29. The Bertz CT molecular complexity index is 316. The minimum absolute atomic E-state index is 0.716. The van der Waals surface area contributed by atoms with Gasteiger partial charge in [-0.3, -0.25) is 0 Å². The predicted molar refractivity (Wildman–Crippen MR) is 64.0 cm³/mol. The highest BCUT2D eigenvalue weighted by Crippen LogP contribution is 1.91. The molecule has 5 heteroatoms. The summed E-state index contributed by atoms with van der Waals surface area (Å²) in [7, 11) is 1.77. The lowest BCUT2D eigenvalue weighted by atomic mass is 10.2. The average molecular weight is 223 g/mol. The number of rotatable bonds is 7. The topological polar surface area (TPSA) is 55.6 Å². The van der Waals surface area contributed by atoms with E-state index in [0.29, 0.717) is 5.92 Å². The molecule has 1 aromatic rings. The van der Waals surface area contributed by atoms with E-state index in [0.717, 1.165) is 31.8 Å². The number of tetrazole rings is 1. The normalized spacial score (nSPS) is 11.8. The van der Waals surface area contributed by atoms with E-state index in [4.69, 9.17) is 0 Å². The Morgan fingerprint density at radius 2 is 2.19 bits per heavy atom. The lowest BCUT2D eigenvalue weighted by molar-refractivity contribution is 0.556. The molecule has 0 fully saturated rings. The highest BCUT2D eigenvalue weighted by molar-refractivity contribution is 4.92. The van der Waals surface area contributed by atoms with Crippen LogP contribution in [0, 0.1) is 5.92 Å². The second-order valence-corrected chi connectivity index (χ2v) is 4.26. The van der Waals surface area contributed by atoms with Crippen LogP contribution < -0.4 is 5.32 Å². The van der Waals surface area contributed by atoms with Gasteiger partial charge in [-0.25, -0.2) is 0 Å². The van der Waals surface area contributed by atoms with E-state index < -0.39 is 0 Å². The summed E-state index contributed by atoms with van der Waals surface area (Å²) in [6.07, 6.45) is 6.06. The summed E-state index contributed by atoms with van der Waals surface area (Å²) in [6, 6.07) is 0. The standard InChI is InChI=1S/C11H21N5/c1-10(2)9-12-8-6-4-5-7-11-13-15-16(3)14-11/h4-5,10,12H,6-9H2,1-3H3/b5-4+. The number of nitrogens with one attached hydrogen (secondary N) is 1. The molecule has 0 aromatic carbocycles. The van der Waals surface area contributed by atoms with E-state index in [1.165, 1.54) is 4.80 Å². The lowest BCUT2D eigenvalue weighted by Crippen LogP contribution is -2.20.